The Kier molecular flexibility index (Phi) is 7.97. The summed E-state index contributed by atoms with van der Waals surface area (Å²) in [5, 5.41) is 6.53. The van der Waals surface area contributed by atoms with Gasteiger partial charge in [0.25, 0.3) is 0 Å². The predicted molar refractivity (Wildman–Crippen MR) is 140 cm³/mol. The van der Waals surface area contributed by atoms with Gasteiger partial charge in [0.05, 0.1) is 37.9 Å². The lowest BCUT2D eigenvalue weighted by molar-refractivity contribution is 0.203. The second-order valence-corrected chi connectivity index (χ2v) is 9.11. The lowest BCUT2D eigenvalue weighted by Gasteiger charge is -2.26. The Morgan fingerprint density at radius 1 is 0.972 bits per heavy atom. The molecule has 1 aromatic carbocycles. The Balaban J connectivity index is 1.17. The van der Waals surface area contributed by atoms with Crippen molar-refractivity contribution >= 4 is 23.1 Å². The Labute approximate surface area is 212 Å². The summed E-state index contributed by atoms with van der Waals surface area (Å²) >= 11 is 0. The van der Waals surface area contributed by atoms with E-state index in [2.05, 4.69) is 30.5 Å². The summed E-state index contributed by atoms with van der Waals surface area (Å²) in [5.74, 6) is 3.37. The number of ether oxygens (including phenoxy) is 3. The molecule has 1 fully saturated rings. The minimum absolute atomic E-state index is 0.472. The van der Waals surface area contributed by atoms with Crippen LogP contribution < -0.4 is 24.8 Å². The number of benzene rings is 1. The average Bonchev–Trinajstić information content (AvgIpc) is 2.92. The number of anilines is 4. The summed E-state index contributed by atoms with van der Waals surface area (Å²) in [5.41, 5.74) is 2.64. The van der Waals surface area contributed by atoms with E-state index in [-0.39, 0.29) is 0 Å². The van der Waals surface area contributed by atoms with E-state index in [0.29, 0.717) is 24.1 Å². The van der Waals surface area contributed by atoms with Gasteiger partial charge in [0.2, 0.25) is 5.95 Å². The molecule has 0 radical (unpaired) electrons. The zero-order valence-corrected chi connectivity index (χ0v) is 20.8. The van der Waals surface area contributed by atoms with E-state index in [0.717, 1.165) is 61.0 Å². The van der Waals surface area contributed by atoms with Gasteiger partial charge in [-0.3, -0.25) is 4.98 Å². The van der Waals surface area contributed by atoms with Gasteiger partial charge >= 0.3 is 0 Å². The van der Waals surface area contributed by atoms with Crippen molar-refractivity contribution in [2.24, 2.45) is 0 Å². The van der Waals surface area contributed by atoms with Gasteiger partial charge in [-0.05, 0) is 63.4 Å². The van der Waals surface area contributed by atoms with Crippen LogP contribution in [0.5, 0.6) is 17.2 Å². The average molecular weight is 491 g/mol. The molecule has 0 spiro atoms. The fourth-order valence-corrected chi connectivity index (χ4v) is 4.56. The lowest BCUT2D eigenvalue weighted by atomic mass is 10.1. The molecule has 0 unspecified atom stereocenters. The van der Waals surface area contributed by atoms with Crippen molar-refractivity contribution in [1.29, 1.82) is 0 Å². The van der Waals surface area contributed by atoms with Crippen molar-refractivity contribution in [1.82, 2.24) is 19.9 Å². The third kappa shape index (κ3) is 6.34. The molecule has 9 heteroatoms. The van der Waals surface area contributed by atoms with E-state index in [9.17, 15) is 0 Å². The third-order valence-corrected chi connectivity index (χ3v) is 6.42. The van der Waals surface area contributed by atoms with Gasteiger partial charge < -0.3 is 29.7 Å². The van der Waals surface area contributed by atoms with Crippen LogP contribution in [0.1, 0.15) is 37.8 Å². The predicted octanol–water partition coefficient (Wildman–Crippen LogP) is 4.95. The molecule has 5 rings (SSSR count). The zero-order valence-electron chi connectivity index (χ0n) is 20.8. The maximum atomic E-state index is 6.01. The number of fused-ring (bicyclic) bond motifs is 1. The van der Waals surface area contributed by atoms with Crippen LogP contribution in [0.3, 0.4) is 0 Å². The number of hydrogen-bond donors (Lipinski definition) is 2. The number of pyridine rings is 1. The van der Waals surface area contributed by atoms with Gasteiger partial charge in [0.1, 0.15) is 11.6 Å². The van der Waals surface area contributed by atoms with Crippen molar-refractivity contribution in [3.8, 4) is 17.2 Å². The molecular weight excluding hydrogens is 456 g/mol. The number of aromatic nitrogens is 3. The second kappa shape index (κ2) is 11.9. The van der Waals surface area contributed by atoms with Crippen LogP contribution >= 0.6 is 0 Å². The highest BCUT2D eigenvalue weighted by atomic mass is 16.5. The van der Waals surface area contributed by atoms with E-state index < -0.39 is 0 Å². The first-order valence-corrected chi connectivity index (χ1v) is 12.8. The second-order valence-electron chi connectivity index (χ2n) is 9.11. The summed E-state index contributed by atoms with van der Waals surface area (Å²) < 4.78 is 17.3. The molecule has 190 valence electrons. The molecule has 2 aliphatic rings. The normalized spacial score (nSPS) is 15.5. The summed E-state index contributed by atoms with van der Waals surface area (Å²) in [6.45, 7) is 4.89. The number of nitrogens with zero attached hydrogens (tertiary/aromatic N) is 4. The Morgan fingerprint density at radius 3 is 2.78 bits per heavy atom. The van der Waals surface area contributed by atoms with Crippen LogP contribution in [0, 0.1) is 0 Å². The topological polar surface area (TPSA) is 93.7 Å². The van der Waals surface area contributed by atoms with E-state index in [1.54, 1.807) is 19.5 Å². The summed E-state index contributed by atoms with van der Waals surface area (Å²) in [6.07, 6.45) is 10.4. The molecule has 36 heavy (non-hydrogen) atoms. The van der Waals surface area contributed by atoms with Crippen molar-refractivity contribution in [2.45, 2.75) is 38.5 Å². The molecule has 0 amide bonds. The van der Waals surface area contributed by atoms with Crippen LogP contribution in [0.25, 0.3) is 0 Å². The molecule has 4 heterocycles. The van der Waals surface area contributed by atoms with Gasteiger partial charge in [-0.1, -0.05) is 6.42 Å². The molecule has 2 aliphatic heterocycles. The summed E-state index contributed by atoms with van der Waals surface area (Å²) in [6, 6.07) is 9.54. The number of piperidine rings is 1. The maximum absolute atomic E-state index is 6.01. The Morgan fingerprint density at radius 2 is 1.89 bits per heavy atom. The summed E-state index contributed by atoms with van der Waals surface area (Å²) in [4.78, 5) is 16.0. The molecule has 0 aliphatic carbocycles. The first-order valence-electron chi connectivity index (χ1n) is 12.8. The summed E-state index contributed by atoms with van der Waals surface area (Å²) in [7, 11) is 1.65. The van der Waals surface area contributed by atoms with Crippen molar-refractivity contribution < 1.29 is 14.2 Å². The van der Waals surface area contributed by atoms with Gasteiger partial charge in [0, 0.05) is 30.6 Å². The first kappa shape index (κ1) is 24.1. The van der Waals surface area contributed by atoms with Crippen molar-refractivity contribution in [3.63, 3.8) is 0 Å². The van der Waals surface area contributed by atoms with E-state index in [4.69, 9.17) is 14.2 Å². The quantitative estimate of drug-likeness (QED) is 0.383. The highest BCUT2D eigenvalue weighted by molar-refractivity contribution is 5.62. The number of methoxy groups -OCH3 is 1. The minimum atomic E-state index is 0.472. The molecule has 0 saturated carbocycles. The van der Waals surface area contributed by atoms with Gasteiger partial charge in [-0.15, -0.1) is 0 Å². The highest BCUT2D eigenvalue weighted by Gasteiger charge is 2.13. The van der Waals surface area contributed by atoms with Gasteiger partial charge in [-0.25, -0.2) is 4.98 Å². The number of hydrogen-bond acceptors (Lipinski definition) is 9. The SMILES string of the molecule is COc1cc(Nc2nccc(Nc3cnc4c(c3)OCCC4)n2)ccc1OCCCN1CCCCC1. The standard InChI is InChI=1S/C27H34N6O3/c1-34-25-17-20(8-9-23(25)35-16-6-14-33-12-3-2-4-13-33)31-27-28-11-10-26(32-27)30-21-18-24-22(29-19-21)7-5-15-36-24/h8-11,17-19H,2-7,12-16H2,1H3,(H2,28,30,31,32). The number of nitrogens with one attached hydrogen (secondary N) is 2. The van der Waals surface area contributed by atoms with E-state index in [1.807, 2.05) is 30.3 Å². The van der Waals surface area contributed by atoms with E-state index >= 15 is 0 Å². The molecule has 2 N–H and O–H groups in total. The largest absolute Gasteiger partial charge is 0.493 e. The molecule has 0 bridgehead atoms. The molecule has 1 saturated heterocycles. The number of likely N-dealkylation sites (tertiary alicyclic amines) is 1. The van der Waals surface area contributed by atoms with Gasteiger partial charge in [-0.2, -0.15) is 4.98 Å². The fraction of sp³-hybridized carbons (Fsp3) is 0.444. The first-order chi connectivity index (χ1) is 17.8. The molecule has 2 aromatic heterocycles. The number of rotatable bonds is 10. The molecule has 9 nitrogen and oxygen atoms in total. The number of aryl methyl sites for hydroxylation is 1. The monoisotopic (exact) mass is 490 g/mol. The Bertz CT molecular complexity index is 1150. The van der Waals surface area contributed by atoms with Crippen LogP contribution in [-0.4, -0.2) is 59.8 Å². The van der Waals surface area contributed by atoms with Crippen LogP contribution in [0.15, 0.2) is 42.7 Å². The zero-order chi connectivity index (χ0) is 24.6. The minimum Gasteiger partial charge on any atom is -0.493 e. The maximum Gasteiger partial charge on any atom is 0.229 e. The third-order valence-electron chi connectivity index (χ3n) is 6.42. The van der Waals surface area contributed by atoms with E-state index in [1.165, 1.54) is 32.4 Å². The van der Waals surface area contributed by atoms with Crippen LogP contribution in [0.2, 0.25) is 0 Å². The Hall–Kier alpha value is -3.59. The van der Waals surface area contributed by atoms with Crippen LogP contribution in [0.4, 0.5) is 23.1 Å². The molecular formula is C27H34N6O3. The fourth-order valence-electron chi connectivity index (χ4n) is 4.56. The smallest absolute Gasteiger partial charge is 0.229 e. The molecule has 3 aromatic rings. The molecule has 0 atom stereocenters. The van der Waals surface area contributed by atoms with Crippen LogP contribution in [-0.2, 0) is 6.42 Å². The highest BCUT2D eigenvalue weighted by Crippen LogP contribution is 2.32. The lowest BCUT2D eigenvalue weighted by Crippen LogP contribution is -2.31. The van der Waals surface area contributed by atoms with Crippen molar-refractivity contribution in [2.75, 3.05) is 50.6 Å². The van der Waals surface area contributed by atoms with Crippen molar-refractivity contribution in [3.05, 3.63) is 48.4 Å². The van der Waals surface area contributed by atoms with Gasteiger partial charge in [0.15, 0.2) is 11.5 Å².